The van der Waals surface area contributed by atoms with Crippen LogP contribution in [0.5, 0.6) is 5.75 Å². The van der Waals surface area contributed by atoms with Crippen molar-refractivity contribution < 1.29 is 14.3 Å². The van der Waals surface area contributed by atoms with Crippen LogP contribution in [-0.4, -0.2) is 36.3 Å². The number of benzene rings is 2. The van der Waals surface area contributed by atoms with Gasteiger partial charge in [-0.25, -0.2) is 0 Å². The number of amides is 2. The van der Waals surface area contributed by atoms with Gasteiger partial charge in [0.15, 0.2) is 0 Å². The van der Waals surface area contributed by atoms with Crippen molar-refractivity contribution in [1.82, 2.24) is 5.32 Å². The van der Waals surface area contributed by atoms with Crippen LogP contribution < -0.4 is 15.0 Å². The SMILES string of the molecule is CC(CCc1ccc(OC(C)C)cc1)NC(=O)CCC(=O)N1CCSc2ccccc21. The lowest BCUT2D eigenvalue weighted by molar-refractivity contribution is -0.125. The Hall–Kier alpha value is -2.47. The number of aryl methyl sites for hydroxylation is 1. The van der Waals surface area contributed by atoms with Crippen LogP contribution in [0, 0.1) is 0 Å². The molecule has 0 saturated heterocycles. The zero-order valence-electron chi connectivity index (χ0n) is 18.6. The van der Waals surface area contributed by atoms with Crippen LogP contribution in [0.2, 0.25) is 0 Å². The van der Waals surface area contributed by atoms with Crippen molar-refractivity contribution in [2.24, 2.45) is 0 Å². The van der Waals surface area contributed by atoms with Gasteiger partial charge >= 0.3 is 0 Å². The topological polar surface area (TPSA) is 58.6 Å². The number of hydrogen-bond acceptors (Lipinski definition) is 4. The Kier molecular flexibility index (Phi) is 8.41. The Balaban J connectivity index is 1.40. The average Bonchev–Trinajstić information content (AvgIpc) is 2.76. The number of anilines is 1. The summed E-state index contributed by atoms with van der Waals surface area (Å²) in [5.74, 6) is 1.71. The number of thioether (sulfide) groups is 1. The van der Waals surface area contributed by atoms with E-state index in [1.54, 1.807) is 11.8 Å². The van der Waals surface area contributed by atoms with Crippen molar-refractivity contribution in [3.05, 3.63) is 54.1 Å². The molecule has 1 unspecified atom stereocenters. The maximum absolute atomic E-state index is 12.7. The molecule has 0 radical (unpaired) electrons. The lowest BCUT2D eigenvalue weighted by Gasteiger charge is -2.29. The number of para-hydroxylation sites is 1. The van der Waals surface area contributed by atoms with Crippen LogP contribution in [0.15, 0.2) is 53.4 Å². The van der Waals surface area contributed by atoms with E-state index in [2.05, 4.69) is 17.4 Å². The van der Waals surface area contributed by atoms with Crippen LogP contribution >= 0.6 is 11.8 Å². The fraction of sp³-hybridized carbons (Fsp3) is 0.440. The first-order chi connectivity index (χ1) is 14.9. The van der Waals surface area contributed by atoms with Crippen LogP contribution in [-0.2, 0) is 16.0 Å². The van der Waals surface area contributed by atoms with Crippen molar-refractivity contribution in [2.45, 2.75) is 63.5 Å². The van der Waals surface area contributed by atoms with Crippen molar-refractivity contribution in [2.75, 3.05) is 17.2 Å². The molecule has 1 N–H and O–H groups in total. The lowest BCUT2D eigenvalue weighted by Crippen LogP contribution is -2.37. The zero-order valence-corrected chi connectivity index (χ0v) is 19.4. The summed E-state index contributed by atoms with van der Waals surface area (Å²) in [5, 5.41) is 3.03. The molecule has 0 saturated carbocycles. The molecule has 0 fully saturated rings. The third kappa shape index (κ3) is 7.03. The number of carbonyl (C=O) groups excluding carboxylic acids is 2. The maximum atomic E-state index is 12.7. The Bertz CT molecular complexity index is 883. The highest BCUT2D eigenvalue weighted by Gasteiger charge is 2.23. The number of nitrogens with one attached hydrogen (secondary N) is 1. The van der Waals surface area contributed by atoms with E-state index in [1.807, 2.05) is 62.1 Å². The highest BCUT2D eigenvalue weighted by atomic mass is 32.2. The van der Waals surface area contributed by atoms with Crippen molar-refractivity contribution in [3.63, 3.8) is 0 Å². The largest absolute Gasteiger partial charge is 0.491 e. The van der Waals surface area contributed by atoms with Gasteiger partial charge in [-0.3, -0.25) is 9.59 Å². The molecule has 0 spiro atoms. The standard InChI is InChI=1S/C25H32N2O3S/c1-18(2)30-21-12-10-20(11-13-21)9-8-19(3)26-24(28)14-15-25(29)27-16-17-31-23-7-5-4-6-22(23)27/h4-7,10-13,18-19H,8-9,14-17H2,1-3H3,(H,26,28). The second-order valence-corrected chi connectivity index (χ2v) is 9.32. The monoisotopic (exact) mass is 440 g/mol. The summed E-state index contributed by atoms with van der Waals surface area (Å²) in [5.41, 5.74) is 2.18. The number of rotatable bonds is 9. The van der Waals surface area contributed by atoms with Gasteiger partial charge < -0.3 is 15.0 Å². The van der Waals surface area contributed by atoms with E-state index in [4.69, 9.17) is 4.74 Å². The van der Waals surface area contributed by atoms with Gasteiger partial charge in [0.2, 0.25) is 11.8 Å². The number of carbonyl (C=O) groups is 2. The van der Waals surface area contributed by atoms with E-state index < -0.39 is 0 Å². The molecule has 0 bridgehead atoms. The van der Waals surface area contributed by atoms with Crippen LogP contribution in [0.25, 0.3) is 0 Å². The highest BCUT2D eigenvalue weighted by molar-refractivity contribution is 7.99. The first-order valence-corrected chi connectivity index (χ1v) is 12.0. The fourth-order valence-electron chi connectivity index (χ4n) is 3.59. The second-order valence-electron chi connectivity index (χ2n) is 8.18. The number of ether oxygens (including phenoxy) is 1. The molecule has 1 aliphatic rings. The molecule has 2 aromatic rings. The molecule has 5 nitrogen and oxygen atoms in total. The number of fused-ring (bicyclic) bond motifs is 1. The fourth-order valence-corrected chi connectivity index (χ4v) is 4.59. The summed E-state index contributed by atoms with van der Waals surface area (Å²) >= 11 is 1.77. The molecule has 1 aliphatic heterocycles. The third-order valence-corrected chi connectivity index (χ3v) is 6.21. The first kappa shape index (κ1) is 23.2. The van der Waals surface area contributed by atoms with E-state index in [0.29, 0.717) is 6.54 Å². The van der Waals surface area contributed by atoms with E-state index in [0.717, 1.165) is 34.9 Å². The molecular weight excluding hydrogens is 408 g/mol. The van der Waals surface area contributed by atoms with Gasteiger partial charge in [0.1, 0.15) is 5.75 Å². The minimum Gasteiger partial charge on any atom is -0.491 e. The average molecular weight is 441 g/mol. The first-order valence-electron chi connectivity index (χ1n) is 11.0. The van der Waals surface area contributed by atoms with Gasteiger partial charge in [0.05, 0.1) is 11.8 Å². The summed E-state index contributed by atoms with van der Waals surface area (Å²) in [6.07, 6.45) is 2.34. The van der Waals surface area contributed by atoms with E-state index in [9.17, 15) is 9.59 Å². The van der Waals surface area contributed by atoms with Gasteiger partial charge in [-0.1, -0.05) is 24.3 Å². The summed E-state index contributed by atoms with van der Waals surface area (Å²) in [6.45, 7) is 6.72. The van der Waals surface area contributed by atoms with E-state index in [-0.39, 0.29) is 36.8 Å². The van der Waals surface area contributed by atoms with Gasteiger partial charge in [-0.05, 0) is 63.4 Å². The van der Waals surface area contributed by atoms with Gasteiger partial charge in [0, 0.05) is 36.1 Å². The lowest BCUT2D eigenvalue weighted by atomic mass is 10.1. The maximum Gasteiger partial charge on any atom is 0.227 e. The highest BCUT2D eigenvalue weighted by Crippen LogP contribution is 2.34. The Morgan fingerprint density at radius 2 is 1.81 bits per heavy atom. The van der Waals surface area contributed by atoms with Gasteiger partial charge in [-0.2, -0.15) is 0 Å². The summed E-state index contributed by atoms with van der Waals surface area (Å²) < 4.78 is 5.67. The Morgan fingerprint density at radius 3 is 2.55 bits per heavy atom. The van der Waals surface area contributed by atoms with E-state index in [1.165, 1.54) is 5.56 Å². The van der Waals surface area contributed by atoms with Crippen LogP contribution in [0.1, 0.15) is 45.6 Å². The normalized spacial score (nSPS) is 14.1. The summed E-state index contributed by atoms with van der Waals surface area (Å²) in [4.78, 5) is 28.0. The van der Waals surface area contributed by atoms with Crippen molar-refractivity contribution in [3.8, 4) is 5.75 Å². The third-order valence-electron chi connectivity index (χ3n) is 5.16. The molecule has 2 amide bonds. The predicted molar refractivity (Wildman–Crippen MR) is 127 cm³/mol. The summed E-state index contributed by atoms with van der Waals surface area (Å²) in [6, 6.07) is 16.1. The minimum absolute atomic E-state index is 0.0132. The van der Waals surface area contributed by atoms with Gasteiger partial charge in [0.25, 0.3) is 0 Å². The Labute approximate surface area is 189 Å². The molecule has 166 valence electrons. The van der Waals surface area contributed by atoms with Crippen molar-refractivity contribution in [1.29, 1.82) is 0 Å². The predicted octanol–water partition coefficient (Wildman–Crippen LogP) is 4.83. The number of nitrogens with zero attached hydrogens (tertiary/aromatic N) is 1. The minimum atomic E-state index is -0.0683. The quantitative estimate of drug-likeness (QED) is 0.607. The molecular formula is C25H32N2O3S. The smallest absolute Gasteiger partial charge is 0.227 e. The second kappa shape index (κ2) is 11.2. The number of hydrogen-bond donors (Lipinski definition) is 1. The molecule has 2 aromatic carbocycles. The zero-order chi connectivity index (χ0) is 22.2. The molecule has 31 heavy (non-hydrogen) atoms. The van der Waals surface area contributed by atoms with E-state index >= 15 is 0 Å². The molecule has 0 aliphatic carbocycles. The van der Waals surface area contributed by atoms with Crippen LogP contribution in [0.4, 0.5) is 5.69 Å². The molecule has 0 aromatic heterocycles. The summed E-state index contributed by atoms with van der Waals surface area (Å²) in [7, 11) is 0. The van der Waals surface area contributed by atoms with Gasteiger partial charge in [-0.15, -0.1) is 11.8 Å². The molecule has 1 atom stereocenters. The van der Waals surface area contributed by atoms with Crippen LogP contribution in [0.3, 0.4) is 0 Å². The molecule has 3 rings (SSSR count). The Morgan fingerprint density at radius 1 is 1.06 bits per heavy atom. The molecule has 6 heteroatoms. The molecule has 1 heterocycles. The van der Waals surface area contributed by atoms with Crippen molar-refractivity contribution >= 4 is 29.3 Å².